The lowest BCUT2D eigenvalue weighted by atomic mass is 9.91. The second-order valence-electron chi connectivity index (χ2n) is 4.27. The summed E-state index contributed by atoms with van der Waals surface area (Å²) in [6.07, 6.45) is 4.88. The summed E-state index contributed by atoms with van der Waals surface area (Å²) >= 11 is 6.07. The highest BCUT2D eigenvalue weighted by Gasteiger charge is 2.19. The standard InChI is InChI=1S/C12H17ClN2O/c13-10-2-1-5-15-12(10)11(14)8-9-3-6-16-7-4-9/h1-2,5,9,11H,3-4,6-8,14H2. The maximum Gasteiger partial charge on any atom is 0.0756 e. The minimum Gasteiger partial charge on any atom is -0.381 e. The van der Waals surface area contributed by atoms with Gasteiger partial charge in [0.15, 0.2) is 0 Å². The molecule has 4 heteroatoms. The third-order valence-corrected chi connectivity index (χ3v) is 3.39. The van der Waals surface area contributed by atoms with E-state index in [2.05, 4.69) is 4.98 Å². The molecule has 0 bridgehead atoms. The minimum atomic E-state index is -0.0585. The summed E-state index contributed by atoms with van der Waals surface area (Å²) in [5.41, 5.74) is 6.95. The smallest absolute Gasteiger partial charge is 0.0756 e. The van der Waals surface area contributed by atoms with Gasteiger partial charge in [-0.3, -0.25) is 4.98 Å². The van der Waals surface area contributed by atoms with Crippen LogP contribution in [-0.2, 0) is 4.74 Å². The van der Waals surface area contributed by atoms with Crippen LogP contribution in [-0.4, -0.2) is 18.2 Å². The van der Waals surface area contributed by atoms with Gasteiger partial charge >= 0.3 is 0 Å². The molecule has 16 heavy (non-hydrogen) atoms. The normalized spacial score (nSPS) is 19.6. The number of pyridine rings is 1. The predicted octanol–water partition coefficient (Wildman–Crippen LogP) is 2.55. The molecule has 3 nitrogen and oxygen atoms in total. The van der Waals surface area contributed by atoms with Crippen LogP contribution in [0, 0.1) is 5.92 Å². The molecule has 88 valence electrons. The van der Waals surface area contributed by atoms with Gasteiger partial charge in [-0.05, 0) is 37.3 Å². The molecule has 0 aliphatic carbocycles. The van der Waals surface area contributed by atoms with E-state index in [4.69, 9.17) is 22.1 Å². The van der Waals surface area contributed by atoms with E-state index in [1.165, 1.54) is 0 Å². The Morgan fingerprint density at radius 1 is 1.50 bits per heavy atom. The molecule has 0 spiro atoms. The maximum absolute atomic E-state index is 6.14. The molecule has 1 aromatic heterocycles. The van der Waals surface area contributed by atoms with Gasteiger partial charge in [-0.15, -0.1) is 0 Å². The second-order valence-corrected chi connectivity index (χ2v) is 4.68. The summed E-state index contributed by atoms with van der Waals surface area (Å²) in [7, 11) is 0. The second kappa shape index (κ2) is 5.62. The molecule has 0 saturated carbocycles. The van der Waals surface area contributed by atoms with E-state index in [0.717, 1.165) is 38.2 Å². The maximum atomic E-state index is 6.14. The molecule has 1 saturated heterocycles. The number of hydrogen-bond donors (Lipinski definition) is 1. The fourth-order valence-electron chi connectivity index (χ4n) is 2.12. The van der Waals surface area contributed by atoms with Crippen LogP contribution in [0.1, 0.15) is 31.0 Å². The Hall–Kier alpha value is -0.640. The first-order valence-electron chi connectivity index (χ1n) is 5.71. The van der Waals surface area contributed by atoms with Crippen molar-refractivity contribution in [2.75, 3.05) is 13.2 Å². The molecule has 1 fully saturated rings. The summed E-state index contributed by atoms with van der Waals surface area (Å²) in [5.74, 6) is 0.641. The average molecular weight is 241 g/mol. The van der Waals surface area contributed by atoms with Crippen LogP contribution >= 0.6 is 11.6 Å². The molecule has 1 unspecified atom stereocenters. The molecule has 1 aliphatic heterocycles. The molecule has 0 aromatic carbocycles. The van der Waals surface area contributed by atoms with Crippen molar-refractivity contribution in [2.24, 2.45) is 11.7 Å². The first-order chi connectivity index (χ1) is 7.77. The quantitative estimate of drug-likeness (QED) is 0.883. The number of ether oxygens (including phenoxy) is 1. The number of nitrogens with two attached hydrogens (primary N) is 1. The Kier molecular flexibility index (Phi) is 4.16. The molecule has 1 atom stereocenters. The van der Waals surface area contributed by atoms with Crippen LogP contribution in [0.4, 0.5) is 0 Å². The summed E-state index contributed by atoms with van der Waals surface area (Å²) in [6.45, 7) is 1.71. The Labute approximate surface area is 101 Å². The lowest BCUT2D eigenvalue weighted by Gasteiger charge is -2.24. The van der Waals surface area contributed by atoms with Crippen LogP contribution in [0.15, 0.2) is 18.3 Å². The molecule has 2 heterocycles. The van der Waals surface area contributed by atoms with Gasteiger partial charge in [-0.2, -0.15) is 0 Å². The largest absolute Gasteiger partial charge is 0.381 e. The van der Waals surface area contributed by atoms with E-state index < -0.39 is 0 Å². The van der Waals surface area contributed by atoms with Crippen molar-refractivity contribution in [3.05, 3.63) is 29.0 Å². The zero-order chi connectivity index (χ0) is 11.4. The van der Waals surface area contributed by atoms with Gasteiger partial charge in [0.05, 0.1) is 10.7 Å². The van der Waals surface area contributed by atoms with Crippen molar-refractivity contribution in [1.29, 1.82) is 0 Å². The molecule has 0 radical (unpaired) electrons. The third-order valence-electron chi connectivity index (χ3n) is 3.07. The minimum absolute atomic E-state index is 0.0585. The lowest BCUT2D eigenvalue weighted by molar-refractivity contribution is 0.0617. The predicted molar refractivity (Wildman–Crippen MR) is 64.3 cm³/mol. The fourth-order valence-corrected chi connectivity index (χ4v) is 2.39. The van der Waals surface area contributed by atoms with Crippen molar-refractivity contribution in [3.8, 4) is 0 Å². The van der Waals surface area contributed by atoms with Crippen LogP contribution in [0.5, 0.6) is 0 Å². The lowest BCUT2D eigenvalue weighted by Crippen LogP contribution is -2.22. The summed E-state index contributed by atoms with van der Waals surface area (Å²) < 4.78 is 5.33. The molecule has 1 aliphatic rings. The van der Waals surface area contributed by atoms with Crippen molar-refractivity contribution in [3.63, 3.8) is 0 Å². The highest BCUT2D eigenvalue weighted by Crippen LogP contribution is 2.28. The van der Waals surface area contributed by atoms with E-state index in [1.54, 1.807) is 6.20 Å². The van der Waals surface area contributed by atoms with E-state index in [0.29, 0.717) is 10.9 Å². The van der Waals surface area contributed by atoms with Crippen LogP contribution in [0.3, 0.4) is 0 Å². The van der Waals surface area contributed by atoms with Gasteiger partial charge in [0.1, 0.15) is 0 Å². The Morgan fingerprint density at radius 2 is 2.25 bits per heavy atom. The highest BCUT2D eigenvalue weighted by molar-refractivity contribution is 6.31. The monoisotopic (exact) mass is 240 g/mol. The van der Waals surface area contributed by atoms with E-state index >= 15 is 0 Å². The summed E-state index contributed by atoms with van der Waals surface area (Å²) in [5, 5.41) is 0.669. The van der Waals surface area contributed by atoms with Crippen LogP contribution in [0.25, 0.3) is 0 Å². The number of hydrogen-bond acceptors (Lipinski definition) is 3. The van der Waals surface area contributed by atoms with Gasteiger partial charge in [0.25, 0.3) is 0 Å². The SMILES string of the molecule is NC(CC1CCOCC1)c1ncccc1Cl. The average Bonchev–Trinajstić information content (AvgIpc) is 2.31. The topological polar surface area (TPSA) is 48.1 Å². The van der Waals surface area contributed by atoms with Crippen molar-refractivity contribution < 1.29 is 4.74 Å². The van der Waals surface area contributed by atoms with Gasteiger partial charge < -0.3 is 10.5 Å². The highest BCUT2D eigenvalue weighted by atomic mass is 35.5. The first-order valence-corrected chi connectivity index (χ1v) is 6.09. The zero-order valence-electron chi connectivity index (χ0n) is 9.23. The van der Waals surface area contributed by atoms with Crippen LogP contribution in [0.2, 0.25) is 5.02 Å². The molecule has 0 amide bonds. The Balaban J connectivity index is 1.96. The Bertz CT molecular complexity index is 340. The van der Waals surface area contributed by atoms with E-state index in [1.807, 2.05) is 12.1 Å². The molecule has 2 rings (SSSR count). The van der Waals surface area contributed by atoms with Gasteiger partial charge in [0, 0.05) is 25.5 Å². The van der Waals surface area contributed by atoms with Crippen LogP contribution < -0.4 is 5.73 Å². The number of aromatic nitrogens is 1. The third kappa shape index (κ3) is 2.94. The van der Waals surface area contributed by atoms with Gasteiger partial charge in [-0.1, -0.05) is 11.6 Å². The van der Waals surface area contributed by atoms with Gasteiger partial charge in [-0.25, -0.2) is 0 Å². The van der Waals surface area contributed by atoms with E-state index in [9.17, 15) is 0 Å². The van der Waals surface area contributed by atoms with Crippen molar-refractivity contribution >= 4 is 11.6 Å². The van der Waals surface area contributed by atoms with Gasteiger partial charge in [0.2, 0.25) is 0 Å². The fraction of sp³-hybridized carbons (Fsp3) is 0.583. The van der Waals surface area contributed by atoms with E-state index in [-0.39, 0.29) is 6.04 Å². The Morgan fingerprint density at radius 3 is 2.94 bits per heavy atom. The molecular formula is C12H17ClN2O. The van der Waals surface area contributed by atoms with Crippen molar-refractivity contribution in [1.82, 2.24) is 4.98 Å². The zero-order valence-corrected chi connectivity index (χ0v) is 9.99. The number of halogens is 1. The molecular weight excluding hydrogens is 224 g/mol. The first kappa shape index (κ1) is 11.8. The summed E-state index contributed by atoms with van der Waals surface area (Å²) in [6, 6.07) is 3.61. The molecule has 2 N–H and O–H groups in total. The number of nitrogens with zero attached hydrogens (tertiary/aromatic N) is 1. The van der Waals surface area contributed by atoms with Crippen molar-refractivity contribution in [2.45, 2.75) is 25.3 Å². The summed E-state index contributed by atoms with van der Waals surface area (Å²) in [4.78, 5) is 4.26. The molecule has 1 aromatic rings. The number of rotatable bonds is 3.